The third-order valence-corrected chi connectivity index (χ3v) is 4.70. The molecule has 1 N–H and O–H groups in total. The van der Waals surface area contributed by atoms with Crippen molar-refractivity contribution >= 4 is 11.7 Å². The van der Waals surface area contributed by atoms with E-state index >= 15 is 0 Å². The summed E-state index contributed by atoms with van der Waals surface area (Å²) in [6.07, 6.45) is 6.32. The van der Waals surface area contributed by atoms with E-state index in [0.717, 1.165) is 12.8 Å². The number of ketones is 1. The molecule has 0 bridgehead atoms. The largest absolute Gasteiger partial charge is 0.472 e. The topological polar surface area (TPSA) is 105 Å². The predicted octanol–water partition coefficient (Wildman–Crippen LogP) is 2.12. The third kappa shape index (κ3) is 3.79. The van der Waals surface area contributed by atoms with Gasteiger partial charge in [-0.15, -0.1) is 0 Å². The number of rotatable bonds is 5. The monoisotopic (exact) mass is 365 g/mol. The number of piperidine rings is 1. The minimum absolute atomic E-state index is 0.0587. The molecule has 3 aromatic heterocycles. The van der Waals surface area contributed by atoms with Crippen molar-refractivity contribution in [3.05, 3.63) is 54.4 Å². The lowest BCUT2D eigenvalue weighted by atomic mass is 9.91. The number of likely N-dealkylation sites (tertiary alicyclic amines) is 1. The van der Waals surface area contributed by atoms with E-state index in [1.165, 1.54) is 12.5 Å². The Balaban J connectivity index is 1.39. The number of nitrogens with zero attached hydrogens (tertiary/aromatic N) is 4. The first-order valence-electron chi connectivity index (χ1n) is 8.87. The first-order chi connectivity index (χ1) is 13.2. The SMILES string of the molecule is O=C(Cc1nc(-c2ccccn2)n[nH]1)C1CCCN(C(=O)c2ccoc2)C1. The van der Waals surface area contributed by atoms with Crippen LogP contribution in [-0.2, 0) is 11.2 Å². The molecule has 1 aliphatic rings. The minimum Gasteiger partial charge on any atom is -0.472 e. The summed E-state index contributed by atoms with van der Waals surface area (Å²) in [5, 5.41) is 6.95. The molecule has 1 aliphatic heterocycles. The van der Waals surface area contributed by atoms with Crippen molar-refractivity contribution in [1.29, 1.82) is 0 Å². The zero-order chi connectivity index (χ0) is 18.6. The van der Waals surface area contributed by atoms with E-state index in [1.807, 2.05) is 18.2 Å². The van der Waals surface area contributed by atoms with Crippen molar-refractivity contribution in [2.45, 2.75) is 19.3 Å². The molecule has 1 saturated heterocycles. The average molecular weight is 365 g/mol. The lowest BCUT2D eigenvalue weighted by Gasteiger charge is -2.31. The third-order valence-electron chi connectivity index (χ3n) is 4.70. The van der Waals surface area contributed by atoms with Crippen LogP contribution in [0.2, 0.25) is 0 Å². The molecule has 4 rings (SSSR count). The summed E-state index contributed by atoms with van der Waals surface area (Å²) in [4.78, 5) is 35.5. The maximum absolute atomic E-state index is 12.7. The molecular weight excluding hydrogens is 346 g/mol. The van der Waals surface area contributed by atoms with Gasteiger partial charge in [0.15, 0.2) is 5.82 Å². The number of H-pyrrole nitrogens is 1. The van der Waals surface area contributed by atoms with Gasteiger partial charge in [0.2, 0.25) is 0 Å². The van der Waals surface area contributed by atoms with Crippen molar-refractivity contribution in [2.24, 2.45) is 5.92 Å². The van der Waals surface area contributed by atoms with Crippen LogP contribution < -0.4 is 0 Å². The summed E-state index contributed by atoms with van der Waals surface area (Å²) in [6, 6.07) is 7.13. The summed E-state index contributed by atoms with van der Waals surface area (Å²) >= 11 is 0. The van der Waals surface area contributed by atoms with Crippen LogP contribution in [0.4, 0.5) is 0 Å². The highest BCUT2D eigenvalue weighted by Crippen LogP contribution is 2.21. The fourth-order valence-electron chi connectivity index (χ4n) is 3.29. The van der Waals surface area contributed by atoms with Crippen LogP contribution >= 0.6 is 0 Å². The predicted molar refractivity (Wildman–Crippen MR) is 95.7 cm³/mol. The van der Waals surface area contributed by atoms with Gasteiger partial charge in [-0.05, 0) is 31.0 Å². The number of Topliss-reactive ketones (excluding diaryl/α,β-unsaturated/α-hetero) is 1. The van der Waals surface area contributed by atoms with Gasteiger partial charge in [-0.25, -0.2) is 4.98 Å². The maximum Gasteiger partial charge on any atom is 0.257 e. The van der Waals surface area contributed by atoms with Crippen molar-refractivity contribution in [3.8, 4) is 11.5 Å². The van der Waals surface area contributed by atoms with Gasteiger partial charge in [0, 0.05) is 25.2 Å². The molecule has 8 heteroatoms. The highest BCUT2D eigenvalue weighted by atomic mass is 16.3. The molecule has 138 valence electrons. The normalized spacial score (nSPS) is 17.0. The van der Waals surface area contributed by atoms with Gasteiger partial charge in [-0.2, -0.15) is 5.10 Å². The summed E-state index contributed by atoms with van der Waals surface area (Å²) in [5.41, 5.74) is 1.17. The van der Waals surface area contributed by atoms with Gasteiger partial charge in [0.05, 0.1) is 18.2 Å². The average Bonchev–Trinajstić information content (AvgIpc) is 3.40. The molecule has 0 aromatic carbocycles. The number of hydrogen-bond donors (Lipinski definition) is 1. The Labute approximate surface area is 155 Å². The second kappa shape index (κ2) is 7.53. The van der Waals surface area contributed by atoms with Crippen molar-refractivity contribution in [3.63, 3.8) is 0 Å². The zero-order valence-corrected chi connectivity index (χ0v) is 14.7. The van der Waals surface area contributed by atoms with Gasteiger partial charge >= 0.3 is 0 Å². The summed E-state index contributed by atoms with van der Waals surface area (Å²) in [6.45, 7) is 1.07. The zero-order valence-electron chi connectivity index (χ0n) is 14.7. The lowest BCUT2D eigenvalue weighted by Crippen LogP contribution is -2.42. The number of carbonyl (C=O) groups is 2. The van der Waals surface area contributed by atoms with Crippen LogP contribution in [0, 0.1) is 5.92 Å². The van der Waals surface area contributed by atoms with E-state index in [1.54, 1.807) is 17.2 Å². The number of furan rings is 1. The smallest absolute Gasteiger partial charge is 0.257 e. The van der Waals surface area contributed by atoms with Crippen LogP contribution in [-0.4, -0.2) is 49.8 Å². The summed E-state index contributed by atoms with van der Waals surface area (Å²) < 4.78 is 4.98. The fraction of sp³-hybridized carbons (Fsp3) is 0.316. The Bertz CT molecular complexity index is 920. The molecule has 8 nitrogen and oxygen atoms in total. The van der Waals surface area contributed by atoms with E-state index in [-0.39, 0.29) is 24.0 Å². The van der Waals surface area contributed by atoms with Crippen LogP contribution in [0.15, 0.2) is 47.4 Å². The van der Waals surface area contributed by atoms with Crippen molar-refractivity contribution in [2.75, 3.05) is 13.1 Å². The Morgan fingerprint density at radius 2 is 2.22 bits per heavy atom. The van der Waals surface area contributed by atoms with Crippen molar-refractivity contribution < 1.29 is 14.0 Å². The first kappa shape index (κ1) is 17.1. The van der Waals surface area contributed by atoms with Gasteiger partial charge in [0.1, 0.15) is 23.6 Å². The van der Waals surface area contributed by atoms with E-state index in [2.05, 4.69) is 20.2 Å². The number of amides is 1. The molecule has 1 amide bonds. The molecule has 4 heterocycles. The highest BCUT2D eigenvalue weighted by Gasteiger charge is 2.29. The molecule has 1 unspecified atom stereocenters. The number of aromatic amines is 1. The number of nitrogens with one attached hydrogen (secondary N) is 1. The Morgan fingerprint density at radius 3 is 3.00 bits per heavy atom. The van der Waals surface area contributed by atoms with Crippen LogP contribution in [0.1, 0.15) is 29.0 Å². The van der Waals surface area contributed by atoms with E-state index in [4.69, 9.17) is 4.42 Å². The van der Waals surface area contributed by atoms with Gasteiger partial charge in [-0.3, -0.25) is 19.7 Å². The van der Waals surface area contributed by atoms with Gasteiger partial charge in [0.25, 0.3) is 5.91 Å². The number of aromatic nitrogens is 4. The molecule has 27 heavy (non-hydrogen) atoms. The summed E-state index contributed by atoms with van der Waals surface area (Å²) in [7, 11) is 0. The Morgan fingerprint density at radius 1 is 1.30 bits per heavy atom. The number of pyridine rings is 1. The second-order valence-electron chi connectivity index (χ2n) is 6.57. The molecule has 0 saturated carbocycles. The Hall–Kier alpha value is -3.29. The fourth-order valence-corrected chi connectivity index (χ4v) is 3.29. The minimum atomic E-state index is -0.196. The number of carbonyl (C=O) groups excluding carboxylic acids is 2. The second-order valence-corrected chi connectivity index (χ2v) is 6.57. The lowest BCUT2D eigenvalue weighted by molar-refractivity contribution is -0.123. The molecular formula is C19H19N5O3. The molecule has 1 atom stereocenters. The maximum atomic E-state index is 12.7. The highest BCUT2D eigenvalue weighted by molar-refractivity contribution is 5.94. The molecule has 0 aliphatic carbocycles. The van der Waals surface area contributed by atoms with E-state index in [0.29, 0.717) is 36.0 Å². The number of hydrogen-bond acceptors (Lipinski definition) is 6. The van der Waals surface area contributed by atoms with Crippen LogP contribution in [0.5, 0.6) is 0 Å². The Kier molecular flexibility index (Phi) is 4.78. The van der Waals surface area contributed by atoms with E-state index < -0.39 is 0 Å². The van der Waals surface area contributed by atoms with Gasteiger partial charge < -0.3 is 9.32 Å². The van der Waals surface area contributed by atoms with E-state index in [9.17, 15) is 9.59 Å². The molecule has 0 radical (unpaired) electrons. The first-order valence-corrected chi connectivity index (χ1v) is 8.87. The van der Waals surface area contributed by atoms with Crippen LogP contribution in [0.3, 0.4) is 0 Å². The van der Waals surface area contributed by atoms with Gasteiger partial charge in [-0.1, -0.05) is 6.07 Å². The standard InChI is InChI=1S/C19H19N5O3/c25-16(10-17-21-18(23-22-17)15-5-1-2-7-20-15)13-4-3-8-24(11-13)19(26)14-6-9-27-12-14/h1-2,5-7,9,12-13H,3-4,8,10-11H2,(H,21,22,23). The molecule has 0 spiro atoms. The summed E-state index contributed by atoms with van der Waals surface area (Å²) in [5.74, 6) is 0.748. The van der Waals surface area contributed by atoms with Crippen LogP contribution in [0.25, 0.3) is 11.5 Å². The quantitative estimate of drug-likeness (QED) is 0.742. The molecule has 3 aromatic rings. The molecule has 1 fully saturated rings. The van der Waals surface area contributed by atoms with Crippen molar-refractivity contribution in [1.82, 2.24) is 25.1 Å².